The van der Waals surface area contributed by atoms with Crippen LogP contribution in [-0.2, 0) is 13.5 Å². The Kier molecular flexibility index (Phi) is 5.45. The van der Waals surface area contributed by atoms with Gasteiger partial charge >= 0.3 is 0 Å². The first-order valence-electron chi connectivity index (χ1n) is 7.54. The van der Waals surface area contributed by atoms with E-state index in [-0.39, 0.29) is 5.43 Å². The number of hydrogen-bond acceptors (Lipinski definition) is 2. The van der Waals surface area contributed by atoms with E-state index >= 15 is 0 Å². The molecule has 0 unspecified atom stereocenters. The number of aromatic nitrogens is 1. The van der Waals surface area contributed by atoms with E-state index in [2.05, 4.69) is 29.8 Å². The van der Waals surface area contributed by atoms with Gasteiger partial charge in [0.1, 0.15) is 0 Å². The van der Waals surface area contributed by atoms with E-state index < -0.39 is 0 Å². The number of benzene rings is 1. The summed E-state index contributed by atoms with van der Waals surface area (Å²) in [5, 5.41) is 0.748. The van der Waals surface area contributed by atoms with Gasteiger partial charge in [0.05, 0.1) is 17.7 Å². The molecule has 0 saturated heterocycles. The summed E-state index contributed by atoms with van der Waals surface area (Å²) in [6.07, 6.45) is 3.76. The van der Waals surface area contributed by atoms with Crippen LogP contribution in [-0.4, -0.2) is 11.2 Å². The van der Waals surface area contributed by atoms with E-state index in [1.54, 1.807) is 0 Å². The number of halogens is 1. The predicted octanol–water partition coefficient (Wildman–Crippen LogP) is 4.43. The first-order chi connectivity index (χ1) is 10.1. The fraction of sp³-hybridized carbons (Fsp3) is 0.471. The van der Waals surface area contributed by atoms with Crippen LogP contribution >= 0.6 is 15.9 Å². The number of fused-ring (bicyclic) bond motifs is 1. The summed E-state index contributed by atoms with van der Waals surface area (Å²) in [6.45, 7) is 4.87. The summed E-state index contributed by atoms with van der Waals surface area (Å²) in [7, 11) is 1.97. The minimum absolute atomic E-state index is 0.0951. The van der Waals surface area contributed by atoms with E-state index in [0.717, 1.165) is 52.5 Å². The average molecular weight is 352 g/mol. The zero-order valence-corrected chi connectivity index (χ0v) is 14.5. The van der Waals surface area contributed by atoms with Crippen LogP contribution in [0.25, 0.3) is 10.9 Å². The van der Waals surface area contributed by atoms with Crippen molar-refractivity contribution >= 4 is 26.8 Å². The lowest BCUT2D eigenvalue weighted by Crippen LogP contribution is -2.18. The fourth-order valence-electron chi connectivity index (χ4n) is 2.52. The van der Waals surface area contributed by atoms with Crippen LogP contribution < -0.4 is 10.2 Å². The fourth-order valence-corrected chi connectivity index (χ4v) is 2.88. The van der Waals surface area contributed by atoms with Gasteiger partial charge in [-0.05, 0) is 31.0 Å². The molecule has 0 aliphatic rings. The minimum atomic E-state index is 0.0951. The molecule has 0 amide bonds. The first kappa shape index (κ1) is 16.1. The van der Waals surface area contributed by atoms with Crippen molar-refractivity contribution in [2.75, 3.05) is 6.61 Å². The van der Waals surface area contributed by atoms with Gasteiger partial charge in [-0.2, -0.15) is 0 Å². The molecular weight excluding hydrogens is 330 g/mol. The molecule has 0 atom stereocenters. The Morgan fingerprint density at radius 2 is 2.00 bits per heavy atom. The molecule has 0 radical (unpaired) electrons. The third kappa shape index (κ3) is 3.31. The Morgan fingerprint density at radius 3 is 2.67 bits per heavy atom. The SMILES string of the molecule is CCCCOc1c(CCC)c(=O)c2cc(Br)ccc2n1C. The molecule has 21 heavy (non-hydrogen) atoms. The zero-order chi connectivity index (χ0) is 15.4. The third-order valence-electron chi connectivity index (χ3n) is 3.64. The predicted molar refractivity (Wildman–Crippen MR) is 91.3 cm³/mol. The van der Waals surface area contributed by atoms with Crippen LogP contribution in [0.3, 0.4) is 0 Å². The van der Waals surface area contributed by atoms with Crippen molar-refractivity contribution in [3.63, 3.8) is 0 Å². The Hall–Kier alpha value is -1.29. The van der Waals surface area contributed by atoms with Crippen LogP contribution in [0.5, 0.6) is 5.88 Å². The van der Waals surface area contributed by atoms with E-state index in [9.17, 15) is 4.79 Å². The van der Waals surface area contributed by atoms with E-state index in [4.69, 9.17) is 4.74 Å². The van der Waals surface area contributed by atoms with Crippen molar-refractivity contribution in [2.45, 2.75) is 39.5 Å². The Morgan fingerprint density at radius 1 is 1.24 bits per heavy atom. The first-order valence-corrected chi connectivity index (χ1v) is 8.33. The molecule has 1 heterocycles. The van der Waals surface area contributed by atoms with Crippen molar-refractivity contribution in [3.05, 3.63) is 38.5 Å². The summed E-state index contributed by atoms with van der Waals surface area (Å²) < 4.78 is 8.86. The maximum absolute atomic E-state index is 12.8. The molecule has 1 aromatic carbocycles. The molecule has 0 saturated carbocycles. The molecular formula is C17H22BrNO2. The number of aryl methyl sites for hydroxylation is 1. The van der Waals surface area contributed by atoms with E-state index in [1.165, 1.54) is 0 Å². The van der Waals surface area contributed by atoms with Crippen molar-refractivity contribution in [1.82, 2.24) is 4.57 Å². The molecule has 1 aromatic heterocycles. The average Bonchev–Trinajstić information content (AvgIpc) is 2.47. The van der Waals surface area contributed by atoms with Gasteiger partial charge in [0.15, 0.2) is 5.43 Å². The highest BCUT2D eigenvalue weighted by molar-refractivity contribution is 9.10. The number of hydrogen-bond donors (Lipinski definition) is 0. The van der Waals surface area contributed by atoms with Crippen molar-refractivity contribution in [2.24, 2.45) is 7.05 Å². The summed E-state index contributed by atoms with van der Waals surface area (Å²) in [6, 6.07) is 5.81. The van der Waals surface area contributed by atoms with Crippen molar-refractivity contribution < 1.29 is 4.74 Å². The highest BCUT2D eigenvalue weighted by atomic mass is 79.9. The van der Waals surface area contributed by atoms with Crippen LogP contribution in [0.2, 0.25) is 0 Å². The lowest BCUT2D eigenvalue weighted by molar-refractivity contribution is 0.284. The largest absolute Gasteiger partial charge is 0.479 e. The number of ether oxygens (including phenoxy) is 1. The maximum atomic E-state index is 12.8. The van der Waals surface area contributed by atoms with Gasteiger partial charge in [-0.1, -0.05) is 42.6 Å². The van der Waals surface area contributed by atoms with Gasteiger partial charge < -0.3 is 9.30 Å². The molecule has 0 fully saturated rings. The molecule has 0 aliphatic carbocycles. The van der Waals surface area contributed by atoms with Crippen LogP contribution in [0.1, 0.15) is 38.7 Å². The Labute approximate surface area is 134 Å². The molecule has 3 nitrogen and oxygen atoms in total. The molecule has 0 aliphatic heterocycles. The Bertz CT molecular complexity index is 691. The molecule has 2 aromatic rings. The molecule has 0 N–H and O–H groups in total. The van der Waals surface area contributed by atoms with Crippen LogP contribution in [0.15, 0.2) is 27.5 Å². The molecule has 4 heteroatoms. The second kappa shape index (κ2) is 7.12. The molecule has 114 valence electrons. The van der Waals surface area contributed by atoms with Gasteiger partial charge in [0.2, 0.25) is 5.88 Å². The van der Waals surface area contributed by atoms with Gasteiger partial charge in [-0.25, -0.2) is 0 Å². The van der Waals surface area contributed by atoms with Crippen LogP contribution in [0, 0.1) is 0 Å². The molecule has 0 bridgehead atoms. The summed E-state index contributed by atoms with van der Waals surface area (Å²) in [4.78, 5) is 12.8. The Balaban J connectivity index is 2.64. The monoisotopic (exact) mass is 351 g/mol. The quantitative estimate of drug-likeness (QED) is 0.720. The van der Waals surface area contributed by atoms with Gasteiger partial charge in [0, 0.05) is 16.9 Å². The number of pyridine rings is 1. The smallest absolute Gasteiger partial charge is 0.200 e. The molecule has 0 spiro atoms. The normalized spacial score (nSPS) is 11.0. The zero-order valence-electron chi connectivity index (χ0n) is 12.9. The maximum Gasteiger partial charge on any atom is 0.200 e. The highest BCUT2D eigenvalue weighted by Crippen LogP contribution is 2.25. The minimum Gasteiger partial charge on any atom is -0.479 e. The highest BCUT2D eigenvalue weighted by Gasteiger charge is 2.16. The van der Waals surface area contributed by atoms with Gasteiger partial charge in [-0.3, -0.25) is 4.79 Å². The van der Waals surface area contributed by atoms with Gasteiger partial charge in [-0.15, -0.1) is 0 Å². The summed E-state index contributed by atoms with van der Waals surface area (Å²) in [5.41, 5.74) is 1.80. The lowest BCUT2D eigenvalue weighted by Gasteiger charge is -2.17. The summed E-state index contributed by atoms with van der Waals surface area (Å²) in [5.74, 6) is 0.727. The van der Waals surface area contributed by atoms with Crippen LogP contribution in [0.4, 0.5) is 0 Å². The number of unbranched alkanes of at least 4 members (excludes halogenated alkanes) is 1. The third-order valence-corrected chi connectivity index (χ3v) is 4.13. The van der Waals surface area contributed by atoms with E-state index in [0.29, 0.717) is 6.61 Å². The molecule has 2 rings (SSSR count). The van der Waals surface area contributed by atoms with Gasteiger partial charge in [0.25, 0.3) is 0 Å². The van der Waals surface area contributed by atoms with E-state index in [1.807, 2.05) is 29.8 Å². The second-order valence-electron chi connectivity index (χ2n) is 5.29. The van der Waals surface area contributed by atoms with Crippen molar-refractivity contribution in [1.29, 1.82) is 0 Å². The standard InChI is InChI=1S/C17H22BrNO2/c1-4-6-10-21-17-13(7-5-2)16(20)14-11-12(18)8-9-15(14)19(17)3/h8-9,11H,4-7,10H2,1-3H3. The number of rotatable bonds is 6. The topological polar surface area (TPSA) is 31.2 Å². The number of nitrogens with zero attached hydrogens (tertiary/aromatic N) is 1. The second-order valence-corrected chi connectivity index (χ2v) is 6.20. The lowest BCUT2D eigenvalue weighted by atomic mass is 10.1. The summed E-state index contributed by atoms with van der Waals surface area (Å²) >= 11 is 3.45. The van der Waals surface area contributed by atoms with Crippen molar-refractivity contribution in [3.8, 4) is 5.88 Å².